The predicted molar refractivity (Wildman–Crippen MR) is 77.3 cm³/mol. The highest BCUT2D eigenvalue weighted by atomic mass is 16.5. The van der Waals surface area contributed by atoms with Crippen molar-refractivity contribution in [2.24, 2.45) is 5.73 Å². The van der Waals surface area contributed by atoms with Gasteiger partial charge in [0.2, 0.25) is 0 Å². The number of benzene rings is 1. The van der Waals surface area contributed by atoms with Crippen molar-refractivity contribution < 1.29 is 14.3 Å². The third-order valence-electron chi connectivity index (χ3n) is 2.82. The molecule has 1 rings (SSSR count). The van der Waals surface area contributed by atoms with Crippen molar-refractivity contribution in [3.05, 3.63) is 29.8 Å². The third-order valence-corrected chi connectivity index (χ3v) is 2.82. The van der Waals surface area contributed by atoms with E-state index in [4.69, 9.17) is 10.5 Å². The Labute approximate surface area is 118 Å². The number of rotatable bonds is 6. The zero-order valence-electron chi connectivity index (χ0n) is 12.0. The zero-order valence-corrected chi connectivity index (χ0v) is 12.0. The smallest absolute Gasteiger partial charge is 0.322 e. The molecule has 0 bridgehead atoms. The second-order valence-electron chi connectivity index (χ2n) is 4.47. The minimum atomic E-state index is -0.597. The molecular formula is C14H21N3O3. The molecule has 0 spiro atoms. The van der Waals surface area contributed by atoms with Crippen LogP contribution < -0.4 is 16.4 Å². The predicted octanol–water partition coefficient (Wildman–Crippen LogP) is 1.78. The summed E-state index contributed by atoms with van der Waals surface area (Å²) in [7, 11) is 0. The van der Waals surface area contributed by atoms with Gasteiger partial charge in [-0.15, -0.1) is 0 Å². The molecule has 6 heteroatoms. The Balaban J connectivity index is 2.61. The van der Waals surface area contributed by atoms with Gasteiger partial charge >= 0.3 is 12.0 Å². The lowest BCUT2D eigenvalue weighted by Crippen LogP contribution is -2.37. The normalized spacial score (nSPS) is 13.3. The van der Waals surface area contributed by atoms with E-state index in [1.165, 1.54) is 0 Å². The van der Waals surface area contributed by atoms with E-state index in [0.29, 0.717) is 12.3 Å². The van der Waals surface area contributed by atoms with Crippen molar-refractivity contribution in [1.29, 1.82) is 0 Å². The van der Waals surface area contributed by atoms with E-state index in [-0.39, 0.29) is 18.1 Å². The molecule has 6 nitrogen and oxygen atoms in total. The lowest BCUT2D eigenvalue weighted by atomic mass is 10.1. The van der Waals surface area contributed by atoms with Crippen molar-refractivity contribution in [2.75, 3.05) is 11.9 Å². The number of nitrogens with two attached hydrogens (primary N) is 1. The van der Waals surface area contributed by atoms with Gasteiger partial charge in [0.25, 0.3) is 0 Å². The number of esters is 1. The molecule has 0 aliphatic heterocycles. The van der Waals surface area contributed by atoms with Crippen LogP contribution in [0.15, 0.2) is 24.3 Å². The Kier molecular flexibility index (Phi) is 5.99. The molecule has 20 heavy (non-hydrogen) atoms. The standard InChI is InChI=1S/C14H21N3O3/c1-4-20-13(18)10(3)16-9(2)11-5-7-12(8-6-11)17-14(15)19/h5-10,16H,4H2,1-3H3,(H3,15,17,19). The molecule has 0 aliphatic carbocycles. The summed E-state index contributed by atoms with van der Waals surface area (Å²) in [5.74, 6) is -0.272. The molecule has 4 N–H and O–H groups in total. The van der Waals surface area contributed by atoms with E-state index in [1.54, 1.807) is 26.0 Å². The summed E-state index contributed by atoms with van der Waals surface area (Å²) in [4.78, 5) is 22.3. The molecular weight excluding hydrogens is 258 g/mol. The van der Waals surface area contributed by atoms with Gasteiger partial charge in [-0.2, -0.15) is 0 Å². The summed E-state index contributed by atoms with van der Waals surface area (Å²) in [6.45, 7) is 5.86. The highest BCUT2D eigenvalue weighted by Crippen LogP contribution is 2.16. The van der Waals surface area contributed by atoms with Crippen molar-refractivity contribution in [2.45, 2.75) is 32.9 Å². The van der Waals surface area contributed by atoms with Crippen LogP contribution in [-0.4, -0.2) is 24.6 Å². The first kappa shape index (κ1) is 16.0. The van der Waals surface area contributed by atoms with Crippen molar-refractivity contribution in [1.82, 2.24) is 5.32 Å². The van der Waals surface area contributed by atoms with Crippen LogP contribution >= 0.6 is 0 Å². The van der Waals surface area contributed by atoms with E-state index >= 15 is 0 Å². The molecule has 2 atom stereocenters. The largest absolute Gasteiger partial charge is 0.465 e. The maximum atomic E-state index is 11.5. The third kappa shape index (κ3) is 4.89. The first-order valence-corrected chi connectivity index (χ1v) is 6.53. The number of anilines is 1. The molecule has 0 heterocycles. The number of hydrogen-bond donors (Lipinski definition) is 3. The first-order valence-electron chi connectivity index (χ1n) is 6.53. The van der Waals surface area contributed by atoms with Gasteiger partial charge in [0.1, 0.15) is 6.04 Å². The van der Waals surface area contributed by atoms with Crippen LogP contribution in [0.25, 0.3) is 0 Å². The van der Waals surface area contributed by atoms with Crippen LogP contribution in [0.5, 0.6) is 0 Å². The van der Waals surface area contributed by atoms with Gasteiger partial charge in [0.05, 0.1) is 6.61 Å². The fraction of sp³-hybridized carbons (Fsp3) is 0.429. The summed E-state index contributed by atoms with van der Waals surface area (Å²) >= 11 is 0. The Morgan fingerprint density at radius 3 is 2.35 bits per heavy atom. The summed E-state index contributed by atoms with van der Waals surface area (Å²) < 4.78 is 4.94. The number of carbonyl (C=O) groups is 2. The molecule has 110 valence electrons. The topological polar surface area (TPSA) is 93.4 Å². The minimum Gasteiger partial charge on any atom is -0.465 e. The molecule has 0 aliphatic rings. The molecule has 0 aromatic heterocycles. The van der Waals surface area contributed by atoms with Gasteiger partial charge in [-0.1, -0.05) is 12.1 Å². The molecule has 1 aromatic rings. The highest BCUT2D eigenvalue weighted by molar-refractivity contribution is 5.87. The Morgan fingerprint density at radius 1 is 1.25 bits per heavy atom. The zero-order chi connectivity index (χ0) is 15.1. The van der Waals surface area contributed by atoms with Gasteiger partial charge in [-0.3, -0.25) is 10.1 Å². The second-order valence-corrected chi connectivity index (χ2v) is 4.47. The van der Waals surface area contributed by atoms with E-state index in [0.717, 1.165) is 5.56 Å². The van der Waals surface area contributed by atoms with Crippen molar-refractivity contribution in [3.63, 3.8) is 0 Å². The summed E-state index contributed by atoms with van der Waals surface area (Å²) in [5, 5.41) is 5.65. The number of urea groups is 1. The molecule has 0 saturated carbocycles. The van der Waals surface area contributed by atoms with E-state index in [9.17, 15) is 9.59 Å². The van der Waals surface area contributed by atoms with E-state index in [1.807, 2.05) is 19.1 Å². The Morgan fingerprint density at radius 2 is 1.85 bits per heavy atom. The van der Waals surface area contributed by atoms with Crippen LogP contribution in [0, 0.1) is 0 Å². The summed E-state index contributed by atoms with van der Waals surface area (Å²) in [6, 6.07) is 6.24. The number of primary amides is 1. The number of ether oxygens (including phenoxy) is 1. The van der Waals surface area contributed by atoms with Crippen molar-refractivity contribution >= 4 is 17.7 Å². The fourth-order valence-corrected chi connectivity index (χ4v) is 1.80. The van der Waals surface area contributed by atoms with Gasteiger partial charge in [-0.05, 0) is 38.5 Å². The first-order chi connectivity index (χ1) is 9.43. The lowest BCUT2D eigenvalue weighted by Gasteiger charge is -2.19. The van der Waals surface area contributed by atoms with E-state index in [2.05, 4.69) is 10.6 Å². The minimum absolute atomic E-state index is 0.0166. The average molecular weight is 279 g/mol. The number of amides is 2. The maximum Gasteiger partial charge on any atom is 0.322 e. The molecule has 0 radical (unpaired) electrons. The van der Waals surface area contributed by atoms with Crippen LogP contribution in [0.3, 0.4) is 0 Å². The van der Waals surface area contributed by atoms with Crippen LogP contribution in [0.1, 0.15) is 32.4 Å². The number of nitrogens with one attached hydrogen (secondary N) is 2. The monoisotopic (exact) mass is 279 g/mol. The molecule has 2 unspecified atom stereocenters. The highest BCUT2D eigenvalue weighted by Gasteiger charge is 2.17. The van der Waals surface area contributed by atoms with Crippen LogP contribution in [0.2, 0.25) is 0 Å². The van der Waals surface area contributed by atoms with Gasteiger partial charge in [0, 0.05) is 11.7 Å². The Bertz CT molecular complexity index is 459. The van der Waals surface area contributed by atoms with Crippen LogP contribution in [-0.2, 0) is 9.53 Å². The van der Waals surface area contributed by atoms with Crippen molar-refractivity contribution in [3.8, 4) is 0 Å². The van der Waals surface area contributed by atoms with Gasteiger partial charge in [0.15, 0.2) is 0 Å². The fourth-order valence-electron chi connectivity index (χ4n) is 1.80. The molecule has 2 amide bonds. The molecule has 1 aromatic carbocycles. The lowest BCUT2D eigenvalue weighted by molar-refractivity contribution is -0.145. The van der Waals surface area contributed by atoms with E-state index < -0.39 is 6.03 Å². The van der Waals surface area contributed by atoms with Gasteiger partial charge < -0.3 is 15.8 Å². The summed E-state index contributed by atoms with van der Waals surface area (Å²) in [6.07, 6.45) is 0. The number of hydrogen-bond acceptors (Lipinski definition) is 4. The SMILES string of the molecule is CCOC(=O)C(C)NC(C)c1ccc(NC(N)=O)cc1. The second kappa shape index (κ2) is 7.49. The molecule has 0 saturated heterocycles. The summed E-state index contributed by atoms with van der Waals surface area (Å²) in [5.41, 5.74) is 6.66. The number of carbonyl (C=O) groups excluding carboxylic acids is 2. The maximum absolute atomic E-state index is 11.5. The van der Waals surface area contributed by atoms with Gasteiger partial charge in [-0.25, -0.2) is 4.79 Å². The van der Waals surface area contributed by atoms with Crippen LogP contribution in [0.4, 0.5) is 10.5 Å². The quantitative estimate of drug-likeness (QED) is 0.692. The molecule has 0 fully saturated rings. The average Bonchev–Trinajstić information content (AvgIpc) is 2.39. The Hall–Kier alpha value is -2.08.